The van der Waals surface area contributed by atoms with Gasteiger partial charge in [0.05, 0.1) is 19.3 Å². The average molecular weight is 219 g/mol. The summed E-state index contributed by atoms with van der Waals surface area (Å²) in [7, 11) is 1.55. The Morgan fingerprint density at radius 2 is 2.27 bits per heavy atom. The Morgan fingerprint density at radius 3 is 2.73 bits per heavy atom. The van der Waals surface area contributed by atoms with Gasteiger partial charge in [0.1, 0.15) is 0 Å². The SMILES string of the molecule is CC[C@@H]1OC(O)(CO)[C@@H](COC)CC1N. The molecule has 0 aromatic rings. The average Bonchev–Trinajstić information content (AvgIpc) is 2.23. The van der Waals surface area contributed by atoms with Gasteiger partial charge in [-0.3, -0.25) is 0 Å². The fourth-order valence-corrected chi connectivity index (χ4v) is 2.06. The summed E-state index contributed by atoms with van der Waals surface area (Å²) >= 11 is 0. The minimum atomic E-state index is -1.51. The maximum Gasteiger partial charge on any atom is 0.194 e. The highest BCUT2D eigenvalue weighted by Gasteiger charge is 2.45. The largest absolute Gasteiger partial charge is 0.391 e. The molecule has 0 radical (unpaired) electrons. The van der Waals surface area contributed by atoms with E-state index in [1.165, 1.54) is 0 Å². The molecule has 0 amide bonds. The van der Waals surface area contributed by atoms with Gasteiger partial charge >= 0.3 is 0 Å². The summed E-state index contributed by atoms with van der Waals surface area (Å²) in [6, 6.07) is -0.109. The normalized spacial score (nSPS) is 41.8. The van der Waals surface area contributed by atoms with Gasteiger partial charge in [0.2, 0.25) is 0 Å². The van der Waals surface area contributed by atoms with Crippen molar-refractivity contribution in [1.82, 2.24) is 0 Å². The van der Waals surface area contributed by atoms with Crippen LogP contribution < -0.4 is 5.73 Å². The lowest BCUT2D eigenvalue weighted by molar-refractivity contribution is -0.306. The number of nitrogens with two attached hydrogens (primary N) is 1. The second-order valence-electron chi connectivity index (χ2n) is 4.12. The second-order valence-corrected chi connectivity index (χ2v) is 4.12. The summed E-state index contributed by atoms with van der Waals surface area (Å²) in [5, 5.41) is 19.3. The van der Waals surface area contributed by atoms with Gasteiger partial charge in [-0.1, -0.05) is 6.92 Å². The van der Waals surface area contributed by atoms with Crippen LogP contribution >= 0.6 is 0 Å². The van der Waals surface area contributed by atoms with Crippen LogP contribution in [0, 0.1) is 5.92 Å². The van der Waals surface area contributed by atoms with Crippen molar-refractivity contribution in [2.24, 2.45) is 11.7 Å². The molecule has 5 heteroatoms. The monoisotopic (exact) mass is 219 g/mol. The van der Waals surface area contributed by atoms with Crippen LogP contribution in [0.5, 0.6) is 0 Å². The lowest BCUT2D eigenvalue weighted by Crippen LogP contribution is -2.58. The topological polar surface area (TPSA) is 84.9 Å². The predicted octanol–water partition coefficient (Wildman–Crippen LogP) is -0.544. The summed E-state index contributed by atoms with van der Waals surface area (Å²) in [4.78, 5) is 0. The van der Waals surface area contributed by atoms with Crippen molar-refractivity contribution in [1.29, 1.82) is 0 Å². The molecule has 0 saturated carbocycles. The highest BCUT2D eigenvalue weighted by molar-refractivity contribution is 4.90. The van der Waals surface area contributed by atoms with Crippen LogP contribution in [0.25, 0.3) is 0 Å². The van der Waals surface area contributed by atoms with Crippen LogP contribution in [-0.2, 0) is 9.47 Å². The van der Waals surface area contributed by atoms with Crippen LogP contribution in [0.15, 0.2) is 0 Å². The molecule has 0 bridgehead atoms. The van der Waals surface area contributed by atoms with Gasteiger partial charge in [-0.25, -0.2) is 0 Å². The Balaban J connectivity index is 2.72. The Morgan fingerprint density at radius 1 is 1.60 bits per heavy atom. The first kappa shape index (κ1) is 12.9. The van der Waals surface area contributed by atoms with Gasteiger partial charge in [0, 0.05) is 19.1 Å². The lowest BCUT2D eigenvalue weighted by Gasteiger charge is -2.44. The summed E-state index contributed by atoms with van der Waals surface area (Å²) < 4.78 is 10.4. The van der Waals surface area contributed by atoms with E-state index in [0.29, 0.717) is 13.0 Å². The molecular formula is C10H21NO4. The zero-order chi connectivity index (χ0) is 11.5. The van der Waals surface area contributed by atoms with E-state index in [2.05, 4.69) is 0 Å². The van der Waals surface area contributed by atoms with Crippen LogP contribution in [0.4, 0.5) is 0 Å². The van der Waals surface area contributed by atoms with Gasteiger partial charge in [0.15, 0.2) is 5.79 Å². The van der Waals surface area contributed by atoms with Crippen molar-refractivity contribution in [2.45, 2.75) is 37.7 Å². The fourth-order valence-electron chi connectivity index (χ4n) is 2.06. The van der Waals surface area contributed by atoms with E-state index in [4.69, 9.17) is 15.2 Å². The van der Waals surface area contributed by atoms with Crippen LogP contribution in [0.3, 0.4) is 0 Å². The molecule has 90 valence electrons. The molecule has 0 aromatic heterocycles. The van der Waals surface area contributed by atoms with Gasteiger partial charge in [-0.2, -0.15) is 0 Å². The Kier molecular flexibility index (Phi) is 4.48. The maximum absolute atomic E-state index is 10.1. The molecular weight excluding hydrogens is 198 g/mol. The number of rotatable bonds is 4. The van der Waals surface area contributed by atoms with Crippen molar-refractivity contribution in [3.05, 3.63) is 0 Å². The lowest BCUT2D eigenvalue weighted by atomic mass is 9.86. The maximum atomic E-state index is 10.1. The quantitative estimate of drug-likeness (QED) is 0.591. The van der Waals surface area contributed by atoms with E-state index in [-0.39, 0.29) is 18.1 Å². The minimum Gasteiger partial charge on any atom is -0.391 e. The molecule has 1 aliphatic heterocycles. The van der Waals surface area contributed by atoms with Gasteiger partial charge in [0.25, 0.3) is 0 Å². The molecule has 1 heterocycles. The number of methoxy groups -OCH3 is 1. The molecule has 1 rings (SSSR count). The first-order valence-corrected chi connectivity index (χ1v) is 5.33. The highest BCUT2D eigenvalue weighted by atomic mass is 16.6. The number of aliphatic hydroxyl groups is 2. The summed E-state index contributed by atoms with van der Waals surface area (Å²) in [5.74, 6) is -1.78. The molecule has 15 heavy (non-hydrogen) atoms. The van der Waals surface area contributed by atoms with Crippen LogP contribution in [0.1, 0.15) is 19.8 Å². The van der Waals surface area contributed by atoms with Gasteiger partial charge < -0.3 is 25.4 Å². The van der Waals surface area contributed by atoms with E-state index in [9.17, 15) is 10.2 Å². The van der Waals surface area contributed by atoms with Crippen LogP contribution in [0.2, 0.25) is 0 Å². The van der Waals surface area contributed by atoms with E-state index >= 15 is 0 Å². The van der Waals surface area contributed by atoms with Crippen molar-refractivity contribution in [3.8, 4) is 0 Å². The van der Waals surface area contributed by atoms with Gasteiger partial charge in [-0.05, 0) is 12.8 Å². The zero-order valence-corrected chi connectivity index (χ0v) is 9.35. The number of hydrogen-bond acceptors (Lipinski definition) is 5. The van der Waals surface area contributed by atoms with E-state index in [0.717, 1.165) is 6.42 Å². The first-order chi connectivity index (χ1) is 7.07. The van der Waals surface area contributed by atoms with Crippen molar-refractivity contribution in [2.75, 3.05) is 20.3 Å². The Bertz CT molecular complexity index is 202. The molecule has 4 atom stereocenters. The molecule has 0 aromatic carbocycles. The highest BCUT2D eigenvalue weighted by Crippen LogP contribution is 2.32. The third-order valence-electron chi connectivity index (χ3n) is 3.02. The molecule has 1 saturated heterocycles. The minimum absolute atomic E-state index is 0.109. The predicted molar refractivity (Wildman–Crippen MR) is 55.2 cm³/mol. The molecule has 5 nitrogen and oxygen atoms in total. The molecule has 1 aliphatic rings. The Hall–Kier alpha value is -0.200. The van der Waals surface area contributed by atoms with Crippen LogP contribution in [-0.4, -0.2) is 48.5 Å². The van der Waals surface area contributed by atoms with Gasteiger partial charge in [-0.15, -0.1) is 0 Å². The zero-order valence-electron chi connectivity index (χ0n) is 9.35. The van der Waals surface area contributed by atoms with Crippen molar-refractivity contribution < 1.29 is 19.7 Å². The third kappa shape index (κ3) is 2.68. The summed E-state index contributed by atoms with van der Waals surface area (Å²) in [6.07, 6.45) is 1.13. The van der Waals surface area contributed by atoms with Crippen molar-refractivity contribution >= 4 is 0 Å². The van der Waals surface area contributed by atoms with Crippen molar-refractivity contribution in [3.63, 3.8) is 0 Å². The molecule has 2 unspecified atom stereocenters. The molecule has 4 N–H and O–H groups in total. The second kappa shape index (κ2) is 5.23. The number of ether oxygens (including phenoxy) is 2. The summed E-state index contributed by atoms with van der Waals surface area (Å²) in [6.45, 7) is 1.85. The third-order valence-corrected chi connectivity index (χ3v) is 3.02. The van der Waals surface area contributed by atoms with E-state index in [1.54, 1.807) is 7.11 Å². The summed E-state index contributed by atoms with van der Waals surface area (Å²) in [5.41, 5.74) is 5.91. The number of hydrogen-bond donors (Lipinski definition) is 3. The van der Waals surface area contributed by atoms with E-state index < -0.39 is 12.4 Å². The number of aliphatic hydroxyl groups excluding tert-OH is 1. The smallest absolute Gasteiger partial charge is 0.194 e. The molecule has 1 fully saturated rings. The molecule has 0 spiro atoms. The fraction of sp³-hybridized carbons (Fsp3) is 1.00. The first-order valence-electron chi connectivity index (χ1n) is 5.33. The standard InChI is InChI=1S/C10H21NO4/c1-3-9-8(11)4-7(5-14-2)10(13,6-12)15-9/h7-9,12-13H,3-6,11H2,1-2H3/t7-,8?,9+,10?/m1/s1. The van der Waals surface area contributed by atoms with E-state index in [1.807, 2.05) is 6.92 Å². The Labute approximate surface area is 90.2 Å². The molecule has 0 aliphatic carbocycles.